The van der Waals surface area contributed by atoms with Gasteiger partial charge in [0.25, 0.3) is 0 Å². The topological polar surface area (TPSA) is 47.6 Å². The summed E-state index contributed by atoms with van der Waals surface area (Å²) in [6.45, 7) is 5.62. The van der Waals surface area contributed by atoms with E-state index in [0.717, 1.165) is 12.8 Å². The Kier molecular flexibility index (Phi) is 4.86. The summed E-state index contributed by atoms with van der Waals surface area (Å²) in [5.74, 6) is -0.484. The van der Waals surface area contributed by atoms with E-state index in [0.29, 0.717) is 0 Å². The SMILES string of the molecule is C=CC(CCC)C(C#N)C#N. The van der Waals surface area contributed by atoms with Crippen molar-refractivity contribution in [1.29, 1.82) is 10.5 Å². The summed E-state index contributed by atoms with van der Waals surface area (Å²) in [7, 11) is 0. The van der Waals surface area contributed by atoms with Crippen molar-refractivity contribution in [1.82, 2.24) is 0 Å². The first-order valence-electron chi connectivity index (χ1n) is 3.71. The average molecular weight is 148 g/mol. The van der Waals surface area contributed by atoms with E-state index < -0.39 is 5.92 Å². The average Bonchev–Trinajstić information content (AvgIpc) is 2.05. The van der Waals surface area contributed by atoms with Crippen molar-refractivity contribution in [2.45, 2.75) is 19.8 Å². The van der Waals surface area contributed by atoms with Gasteiger partial charge >= 0.3 is 0 Å². The summed E-state index contributed by atoms with van der Waals surface area (Å²) < 4.78 is 0. The molecule has 0 aromatic carbocycles. The molecule has 0 amide bonds. The highest BCUT2D eigenvalue weighted by Gasteiger charge is 2.15. The highest BCUT2D eigenvalue weighted by Crippen LogP contribution is 2.17. The Bertz CT molecular complexity index is 181. The van der Waals surface area contributed by atoms with Crippen LogP contribution in [-0.2, 0) is 0 Å². The minimum atomic E-state index is -0.521. The van der Waals surface area contributed by atoms with Crippen molar-refractivity contribution in [3.05, 3.63) is 12.7 Å². The van der Waals surface area contributed by atoms with Gasteiger partial charge in [-0.1, -0.05) is 19.4 Å². The third-order valence-corrected chi connectivity index (χ3v) is 1.63. The Morgan fingerprint density at radius 2 is 2.00 bits per heavy atom. The van der Waals surface area contributed by atoms with Gasteiger partial charge in [-0.25, -0.2) is 0 Å². The molecule has 1 unspecified atom stereocenters. The number of rotatable bonds is 4. The Morgan fingerprint density at radius 3 is 2.27 bits per heavy atom. The van der Waals surface area contributed by atoms with Crippen LogP contribution in [0.1, 0.15) is 19.8 Å². The molecular weight excluding hydrogens is 136 g/mol. The zero-order valence-corrected chi connectivity index (χ0v) is 6.75. The molecule has 0 fully saturated rings. The summed E-state index contributed by atoms with van der Waals surface area (Å²) in [5, 5.41) is 17.1. The summed E-state index contributed by atoms with van der Waals surface area (Å²) in [5.41, 5.74) is 0. The monoisotopic (exact) mass is 148 g/mol. The van der Waals surface area contributed by atoms with Gasteiger partial charge in [0.05, 0.1) is 12.1 Å². The molecule has 0 saturated heterocycles. The molecule has 0 heterocycles. The van der Waals surface area contributed by atoms with Crippen LogP contribution in [0.2, 0.25) is 0 Å². The van der Waals surface area contributed by atoms with Crippen LogP contribution in [0.25, 0.3) is 0 Å². The lowest BCUT2D eigenvalue weighted by Gasteiger charge is -2.09. The third-order valence-electron chi connectivity index (χ3n) is 1.63. The van der Waals surface area contributed by atoms with Crippen molar-refractivity contribution in [2.75, 3.05) is 0 Å². The van der Waals surface area contributed by atoms with Crippen LogP contribution < -0.4 is 0 Å². The number of hydrogen-bond acceptors (Lipinski definition) is 2. The molecule has 0 aliphatic carbocycles. The van der Waals surface area contributed by atoms with Crippen molar-refractivity contribution in [3.8, 4) is 12.1 Å². The number of nitriles is 2. The highest BCUT2D eigenvalue weighted by molar-refractivity contribution is 5.06. The van der Waals surface area contributed by atoms with Crippen LogP contribution in [0.15, 0.2) is 12.7 Å². The Hall–Kier alpha value is -1.28. The standard InChI is InChI=1S/C9H12N2/c1-3-5-8(4-2)9(6-10)7-11/h4,8-9H,2-3,5H2,1H3. The molecule has 11 heavy (non-hydrogen) atoms. The first-order chi connectivity index (χ1) is 5.29. The van der Waals surface area contributed by atoms with E-state index in [1.54, 1.807) is 6.08 Å². The molecule has 0 aromatic heterocycles. The molecule has 0 radical (unpaired) electrons. The number of hydrogen-bond donors (Lipinski definition) is 0. The summed E-state index contributed by atoms with van der Waals surface area (Å²) >= 11 is 0. The molecule has 1 atom stereocenters. The molecule has 0 rings (SSSR count). The largest absolute Gasteiger partial charge is 0.197 e. The maximum Gasteiger partial charge on any atom is 0.139 e. The molecular formula is C9H12N2. The van der Waals surface area contributed by atoms with E-state index in [9.17, 15) is 0 Å². The van der Waals surface area contributed by atoms with E-state index in [1.165, 1.54) is 0 Å². The molecule has 2 heteroatoms. The van der Waals surface area contributed by atoms with Crippen LogP contribution >= 0.6 is 0 Å². The van der Waals surface area contributed by atoms with Crippen LogP contribution in [-0.4, -0.2) is 0 Å². The molecule has 0 N–H and O–H groups in total. The van der Waals surface area contributed by atoms with Gasteiger partial charge < -0.3 is 0 Å². The number of allylic oxidation sites excluding steroid dienone is 1. The van der Waals surface area contributed by atoms with Gasteiger partial charge in [0.15, 0.2) is 0 Å². The predicted octanol–water partition coefficient (Wildman–Crippen LogP) is 2.25. The van der Waals surface area contributed by atoms with Gasteiger partial charge in [-0.15, -0.1) is 6.58 Å². The van der Waals surface area contributed by atoms with Crippen LogP contribution in [0.4, 0.5) is 0 Å². The lowest BCUT2D eigenvalue weighted by Crippen LogP contribution is -2.07. The van der Waals surface area contributed by atoms with E-state index >= 15 is 0 Å². The molecule has 0 bridgehead atoms. The smallest absolute Gasteiger partial charge is 0.139 e. The molecule has 2 nitrogen and oxygen atoms in total. The maximum absolute atomic E-state index is 8.53. The molecule has 0 spiro atoms. The normalized spacial score (nSPS) is 11.6. The van der Waals surface area contributed by atoms with Gasteiger partial charge in [-0.05, 0) is 6.42 Å². The van der Waals surface area contributed by atoms with Crippen molar-refractivity contribution >= 4 is 0 Å². The highest BCUT2D eigenvalue weighted by atomic mass is 14.3. The van der Waals surface area contributed by atoms with Crippen LogP contribution in [0.3, 0.4) is 0 Å². The summed E-state index contributed by atoms with van der Waals surface area (Å²) in [6.07, 6.45) is 3.55. The summed E-state index contributed by atoms with van der Waals surface area (Å²) in [4.78, 5) is 0. The van der Waals surface area contributed by atoms with E-state index in [2.05, 4.69) is 6.58 Å². The predicted molar refractivity (Wildman–Crippen MR) is 43.3 cm³/mol. The summed E-state index contributed by atoms with van der Waals surface area (Å²) in [6, 6.07) is 3.91. The van der Waals surface area contributed by atoms with Gasteiger partial charge in [-0.2, -0.15) is 10.5 Å². The Morgan fingerprint density at radius 1 is 1.45 bits per heavy atom. The van der Waals surface area contributed by atoms with Crippen molar-refractivity contribution in [3.63, 3.8) is 0 Å². The van der Waals surface area contributed by atoms with E-state index in [-0.39, 0.29) is 5.92 Å². The van der Waals surface area contributed by atoms with Crippen LogP contribution in [0.5, 0.6) is 0 Å². The minimum absolute atomic E-state index is 0.0370. The Balaban J connectivity index is 4.14. The van der Waals surface area contributed by atoms with E-state index in [1.807, 2.05) is 19.1 Å². The van der Waals surface area contributed by atoms with Crippen molar-refractivity contribution in [2.24, 2.45) is 11.8 Å². The van der Waals surface area contributed by atoms with Gasteiger partial charge in [0.2, 0.25) is 0 Å². The fraction of sp³-hybridized carbons (Fsp3) is 0.556. The lowest BCUT2D eigenvalue weighted by molar-refractivity contribution is 0.523. The van der Waals surface area contributed by atoms with Crippen molar-refractivity contribution < 1.29 is 0 Å². The zero-order valence-electron chi connectivity index (χ0n) is 6.75. The molecule has 0 aromatic rings. The first kappa shape index (κ1) is 9.72. The first-order valence-corrected chi connectivity index (χ1v) is 3.71. The van der Waals surface area contributed by atoms with Gasteiger partial charge in [-0.3, -0.25) is 0 Å². The fourth-order valence-corrected chi connectivity index (χ4v) is 0.974. The molecule has 58 valence electrons. The number of nitrogens with zero attached hydrogens (tertiary/aromatic N) is 2. The van der Waals surface area contributed by atoms with Gasteiger partial charge in [0, 0.05) is 5.92 Å². The minimum Gasteiger partial charge on any atom is -0.197 e. The lowest BCUT2D eigenvalue weighted by atomic mass is 9.91. The second-order valence-corrected chi connectivity index (χ2v) is 2.42. The van der Waals surface area contributed by atoms with E-state index in [4.69, 9.17) is 10.5 Å². The van der Waals surface area contributed by atoms with Gasteiger partial charge in [0.1, 0.15) is 5.92 Å². The van der Waals surface area contributed by atoms with Crippen LogP contribution in [0, 0.1) is 34.5 Å². The second-order valence-electron chi connectivity index (χ2n) is 2.42. The zero-order chi connectivity index (χ0) is 8.69. The Labute approximate surface area is 67.8 Å². The quantitative estimate of drug-likeness (QED) is 0.574. The molecule has 0 saturated carbocycles. The fourth-order valence-electron chi connectivity index (χ4n) is 0.974. The molecule has 0 aliphatic rings. The molecule has 0 aliphatic heterocycles. The maximum atomic E-state index is 8.53. The second kappa shape index (κ2) is 5.50. The third kappa shape index (κ3) is 2.87.